The van der Waals surface area contributed by atoms with Gasteiger partial charge in [-0.1, -0.05) is 36.4 Å². The summed E-state index contributed by atoms with van der Waals surface area (Å²) in [6, 6.07) is 27.7. The molecular formula is C29H17N5. The van der Waals surface area contributed by atoms with Gasteiger partial charge in [0.25, 0.3) is 0 Å². The maximum Gasteiger partial charge on any atom is 0.146 e. The monoisotopic (exact) mass is 435 g/mol. The van der Waals surface area contributed by atoms with Crippen LogP contribution in [0.15, 0.2) is 104 Å². The number of rotatable bonds is 1. The van der Waals surface area contributed by atoms with E-state index in [4.69, 9.17) is 4.98 Å². The molecular weight excluding hydrogens is 418 g/mol. The second-order valence-corrected chi connectivity index (χ2v) is 8.60. The van der Waals surface area contributed by atoms with Gasteiger partial charge in [0.05, 0.1) is 33.8 Å². The molecule has 5 aromatic heterocycles. The molecule has 0 unspecified atom stereocenters. The number of fused-ring (bicyclic) bond motifs is 12. The largest absolute Gasteiger partial charge is 0.309 e. The molecule has 0 saturated carbocycles. The average molecular weight is 435 g/mol. The summed E-state index contributed by atoms with van der Waals surface area (Å²) in [5.41, 5.74) is 7.47. The van der Waals surface area contributed by atoms with Crippen molar-refractivity contribution in [1.29, 1.82) is 0 Å². The van der Waals surface area contributed by atoms with Crippen molar-refractivity contribution in [2.24, 2.45) is 0 Å². The zero-order valence-electron chi connectivity index (χ0n) is 18.1. The predicted molar refractivity (Wildman–Crippen MR) is 138 cm³/mol. The second-order valence-electron chi connectivity index (χ2n) is 8.60. The lowest BCUT2D eigenvalue weighted by Crippen LogP contribution is -1.95. The van der Waals surface area contributed by atoms with Crippen molar-refractivity contribution in [3.05, 3.63) is 104 Å². The standard InChI is InChI=1S/C29H17N5/c1-2-6-18(7-3-1)33-23-9-5-4-8-19(23)28-25(33)11-10-20-27(28)21-16-30-15-13-24(21)34-26-17-31-14-12-22(26)32-29(20)34/h1-17H. The Morgan fingerprint density at radius 2 is 1.35 bits per heavy atom. The first-order valence-corrected chi connectivity index (χ1v) is 11.3. The third-order valence-electron chi connectivity index (χ3n) is 6.86. The summed E-state index contributed by atoms with van der Waals surface area (Å²) >= 11 is 0. The highest BCUT2D eigenvalue weighted by Gasteiger charge is 2.20. The Kier molecular flexibility index (Phi) is 3.34. The van der Waals surface area contributed by atoms with Crippen LogP contribution in [0.25, 0.3) is 65.8 Å². The summed E-state index contributed by atoms with van der Waals surface area (Å²) in [5.74, 6) is 0. The molecule has 0 aliphatic heterocycles. The molecule has 158 valence electrons. The number of hydrogen-bond donors (Lipinski definition) is 0. The number of aromatic nitrogens is 5. The van der Waals surface area contributed by atoms with Gasteiger partial charge in [0, 0.05) is 51.2 Å². The highest BCUT2D eigenvalue weighted by atomic mass is 15.0. The minimum Gasteiger partial charge on any atom is -0.309 e. The van der Waals surface area contributed by atoms with Gasteiger partial charge in [-0.15, -0.1) is 0 Å². The van der Waals surface area contributed by atoms with E-state index in [-0.39, 0.29) is 0 Å². The van der Waals surface area contributed by atoms with Crippen molar-refractivity contribution < 1.29 is 0 Å². The Labute approximate surface area is 193 Å². The minimum atomic E-state index is 0.937. The summed E-state index contributed by atoms with van der Waals surface area (Å²) in [5, 5.41) is 5.85. The highest BCUT2D eigenvalue weighted by molar-refractivity contribution is 6.30. The predicted octanol–water partition coefficient (Wildman–Crippen LogP) is 6.68. The van der Waals surface area contributed by atoms with Crippen molar-refractivity contribution >= 4 is 60.2 Å². The number of hydrogen-bond acceptors (Lipinski definition) is 3. The number of imidazole rings is 1. The molecule has 0 aliphatic carbocycles. The molecule has 0 amide bonds. The van der Waals surface area contributed by atoms with E-state index in [9.17, 15) is 0 Å². The Morgan fingerprint density at radius 3 is 2.29 bits per heavy atom. The van der Waals surface area contributed by atoms with E-state index in [0.29, 0.717) is 0 Å². The van der Waals surface area contributed by atoms with Gasteiger partial charge in [-0.3, -0.25) is 14.4 Å². The number of para-hydroxylation sites is 2. The molecule has 3 aromatic carbocycles. The first-order valence-electron chi connectivity index (χ1n) is 11.3. The molecule has 8 aromatic rings. The molecule has 5 nitrogen and oxygen atoms in total. The van der Waals surface area contributed by atoms with Crippen LogP contribution in [0, 0.1) is 0 Å². The summed E-state index contributed by atoms with van der Waals surface area (Å²) in [4.78, 5) is 13.9. The summed E-state index contributed by atoms with van der Waals surface area (Å²) in [6.45, 7) is 0. The topological polar surface area (TPSA) is 48.0 Å². The van der Waals surface area contributed by atoms with Crippen LogP contribution >= 0.6 is 0 Å². The molecule has 0 atom stereocenters. The van der Waals surface area contributed by atoms with Crippen molar-refractivity contribution in [2.45, 2.75) is 0 Å². The molecule has 0 spiro atoms. The van der Waals surface area contributed by atoms with Crippen LogP contribution in [-0.4, -0.2) is 23.9 Å². The van der Waals surface area contributed by atoms with E-state index >= 15 is 0 Å². The molecule has 5 heteroatoms. The summed E-state index contributed by atoms with van der Waals surface area (Å²) < 4.78 is 4.56. The normalized spacial score (nSPS) is 12.1. The first kappa shape index (κ1) is 17.7. The lowest BCUT2D eigenvalue weighted by Gasteiger charge is -2.11. The van der Waals surface area contributed by atoms with Crippen LogP contribution in [-0.2, 0) is 0 Å². The fourth-order valence-electron chi connectivity index (χ4n) is 5.50. The zero-order valence-corrected chi connectivity index (χ0v) is 18.1. The van der Waals surface area contributed by atoms with E-state index in [1.807, 2.05) is 24.7 Å². The second kappa shape index (κ2) is 6.39. The Morgan fingerprint density at radius 1 is 0.529 bits per heavy atom. The Bertz CT molecular complexity index is 2070. The molecule has 0 bridgehead atoms. The molecule has 0 N–H and O–H groups in total. The fourth-order valence-corrected chi connectivity index (χ4v) is 5.50. The van der Waals surface area contributed by atoms with E-state index in [2.05, 4.69) is 91.7 Å². The lowest BCUT2D eigenvalue weighted by molar-refractivity contribution is 1.18. The van der Waals surface area contributed by atoms with Crippen LogP contribution in [0.4, 0.5) is 0 Å². The SMILES string of the molecule is c1ccc(-n2c3ccccc3c3c4c5cnccc5n5c6cnccc6nc5c4ccc32)cc1. The van der Waals surface area contributed by atoms with Crippen LogP contribution in [0.2, 0.25) is 0 Å². The van der Waals surface area contributed by atoms with Crippen LogP contribution in [0.5, 0.6) is 0 Å². The summed E-state index contributed by atoms with van der Waals surface area (Å²) in [6.07, 6.45) is 7.52. The van der Waals surface area contributed by atoms with Crippen LogP contribution < -0.4 is 0 Å². The van der Waals surface area contributed by atoms with Crippen molar-refractivity contribution in [2.75, 3.05) is 0 Å². The third kappa shape index (κ3) is 2.16. The molecule has 5 heterocycles. The van der Waals surface area contributed by atoms with Gasteiger partial charge in [0.1, 0.15) is 5.65 Å². The molecule has 0 fully saturated rings. The molecule has 0 aliphatic rings. The van der Waals surface area contributed by atoms with Gasteiger partial charge in [-0.2, -0.15) is 0 Å². The maximum atomic E-state index is 5.04. The minimum absolute atomic E-state index is 0.937. The van der Waals surface area contributed by atoms with Gasteiger partial charge >= 0.3 is 0 Å². The number of nitrogens with zero attached hydrogens (tertiary/aromatic N) is 5. The average Bonchev–Trinajstić information content (AvgIpc) is 3.45. The first-order chi connectivity index (χ1) is 16.9. The third-order valence-corrected chi connectivity index (χ3v) is 6.86. The van der Waals surface area contributed by atoms with Crippen molar-refractivity contribution in [1.82, 2.24) is 23.9 Å². The van der Waals surface area contributed by atoms with Crippen LogP contribution in [0.3, 0.4) is 0 Å². The van der Waals surface area contributed by atoms with E-state index in [1.165, 1.54) is 27.2 Å². The Balaban J connectivity index is 1.70. The zero-order chi connectivity index (χ0) is 22.2. The highest BCUT2D eigenvalue weighted by Crippen LogP contribution is 2.41. The Hall–Kier alpha value is -4.77. The van der Waals surface area contributed by atoms with Gasteiger partial charge < -0.3 is 4.57 Å². The summed E-state index contributed by atoms with van der Waals surface area (Å²) in [7, 11) is 0. The van der Waals surface area contributed by atoms with Gasteiger partial charge in [-0.25, -0.2) is 4.98 Å². The number of pyridine rings is 3. The van der Waals surface area contributed by atoms with Gasteiger partial charge in [0.15, 0.2) is 0 Å². The van der Waals surface area contributed by atoms with Crippen molar-refractivity contribution in [3.8, 4) is 5.69 Å². The quantitative estimate of drug-likeness (QED) is 0.270. The van der Waals surface area contributed by atoms with E-state index in [1.54, 1.807) is 6.20 Å². The molecule has 0 saturated heterocycles. The lowest BCUT2D eigenvalue weighted by atomic mass is 10.0. The number of benzene rings is 3. The van der Waals surface area contributed by atoms with E-state index in [0.717, 1.165) is 38.7 Å². The van der Waals surface area contributed by atoms with Crippen LogP contribution in [0.1, 0.15) is 0 Å². The van der Waals surface area contributed by atoms with E-state index < -0.39 is 0 Å². The smallest absolute Gasteiger partial charge is 0.146 e. The maximum absolute atomic E-state index is 5.04. The molecule has 34 heavy (non-hydrogen) atoms. The molecule has 0 radical (unpaired) electrons. The van der Waals surface area contributed by atoms with Gasteiger partial charge in [0.2, 0.25) is 0 Å². The van der Waals surface area contributed by atoms with Crippen molar-refractivity contribution in [3.63, 3.8) is 0 Å². The fraction of sp³-hybridized carbons (Fsp3) is 0. The van der Waals surface area contributed by atoms with Gasteiger partial charge in [-0.05, 0) is 42.5 Å². The molecule has 8 rings (SSSR count).